The SMILES string of the molecule is COc1cc(C2CC(=O)NC(SCC(N)=O)=C2C#N)cc(OC)c1OC. The Kier molecular flexibility index (Phi) is 6.36. The summed E-state index contributed by atoms with van der Waals surface area (Å²) >= 11 is 1.03. The number of nitrogens with two attached hydrogens (primary N) is 1. The zero-order valence-corrected chi connectivity index (χ0v) is 15.4. The van der Waals surface area contributed by atoms with E-state index in [2.05, 4.69) is 11.4 Å². The largest absolute Gasteiger partial charge is 0.493 e. The number of rotatable bonds is 7. The van der Waals surface area contributed by atoms with Crippen molar-refractivity contribution < 1.29 is 23.8 Å². The van der Waals surface area contributed by atoms with Gasteiger partial charge in [-0.15, -0.1) is 0 Å². The van der Waals surface area contributed by atoms with Crippen LogP contribution >= 0.6 is 11.8 Å². The molecule has 1 unspecified atom stereocenters. The molecule has 8 nitrogen and oxygen atoms in total. The van der Waals surface area contributed by atoms with E-state index in [1.54, 1.807) is 12.1 Å². The Balaban J connectivity index is 2.54. The van der Waals surface area contributed by atoms with Gasteiger partial charge in [0.15, 0.2) is 11.5 Å². The fourth-order valence-corrected chi connectivity index (χ4v) is 3.48. The molecule has 1 aliphatic rings. The highest BCUT2D eigenvalue weighted by Gasteiger charge is 2.31. The molecule has 26 heavy (non-hydrogen) atoms. The molecule has 0 saturated heterocycles. The number of amides is 2. The van der Waals surface area contributed by atoms with Gasteiger partial charge >= 0.3 is 0 Å². The molecule has 1 aromatic carbocycles. The summed E-state index contributed by atoms with van der Waals surface area (Å²) in [6.07, 6.45) is 0.0855. The van der Waals surface area contributed by atoms with Crippen molar-refractivity contribution in [3.63, 3.8) is 0 Å². The van der Waals surface area contributed by atoms with Gasteiger partial charge < -0.3 is 25.3 Å². The van der Waals surface area contributed by atoms with Gasteiger partial charge in [-0.1, -0.05) is 11.8 Å². The molecule has 9 heteroatoms. The lowest BCUT2D eigenvalue weighted by atomic mass is 9.86. The molecular weight excluding hydrogens is 358 g/mol. The molecule has 138 valence electrons. The molecule has 0 fully saturated rings. The summed E-state index contributed by atoms with van der Waals surface area (Å²) in [4.78, 5) is 23.2. The Bertz CT molecular complexity index is 775. The molecule has 2 rings (SSSR count). The van der Waals surface area contributed by atoms with Crippen molar-refractivity contribution in [2.75, 3.05) is 27.1 Å². The average Bonchev–Trinajstić information content (AvgIpc) is 2.64. The highest BCUT2D eigenvalue weighted by molar-refractivity contribution is 8.03. The van der Waals surface area contributed by atoms with E-state index < -0.39 is 11.8 Å². The molecule has 0 bridgehead atoms. The monoisotopic (exact) mass is 377 g/mol. The first-order valence-electron chi connectivity index (χ1n) is 7.60. The molecule has 1 aromatic rings. The number of nitrogens with zero attached hydrogens (tertiary/aromatic N) is 1. The van der Waals surface area contributed by atoms with Crippen LogP contribution in [0.25, 0.3) is 0 Å². The van der Waals surface area contributed by atoms with Crippen LogP contribution in [0.1, 0.15) is 17.9 Å². The highest BCUT2D eigenvalue weighted by Crippen LogP contribution is 2.43. The molecule has 1 aliphatic heterocycles. The van der Waals surface area contributed by atoms with Gasteiger partial charge in [0.05, 0.1) is 43.8 Å². The molecule has 1 atom stereocenters. The minimum atomic E-state index is -0.538. The third kappa shape index (κ3) is 4.03. The first kappa shape index (κ1) is 19.5. The molecular formula is C17H19N3O5S. The summed E-state index contributed by atoms with van der Waals surface area (Å²) in [7, 11) is 4.47. The van der Waals surface area contributed by atoms with Crippen LogP contribution in [-0.4, -0.2) is 38.9 Å². The van der Waals surface area contributed by atoms with Gasteiger partial charge in [-0.05, 0) is 17.7 Å². The number of ether oxygens (including phenoxy) is 3. The lowest BCUT2D eigenvalue weighted by molar-refractivity contribution is -0.121. The van der Waals surface area contributed by atoms with Crippen LogP contribution < -0.4 is 25.3 Å². The minimum Gasteiger partial charge on any atom is -0.493 e. The van der Waals surface area contributed by atoms with Gasteiger partial charge in [-0.3, -0.25) is 9.59 Å². The first-order chi connectivity index (χ1) is 12.4. The maximum atomic E-state index is 12.1. The fourth-order valence-electron chi connectivity index (χ4n) is 2.66. The maximum absolute atomic E-state index is 12.1. The first-order valence-corrected chi connectivity index (χ1v) is 8.58. The van der Waals surface area contributed by atoms with Crippen molar-refractivity contribution in [1.29, 1.82) is 5.26 Å². The summed E-state index contributed by atoms with van der Waals surface area (Å²) in [6.45, 7) is 0. The van der Waals surface area contributed by atoms with Crippen LogP contribution in [-0.2, 0) is 9.59 Å². The van der Waals surface area contributed by atoms with E-state index in [1.165, 1.54) is 21.3 Å². The number of methoxy groups -OCH3 is 3. The third-order valence-electron chi connectivity index (χ3n) is 3.80. The predicted octanol–water partition coefficient (Wildman–Crippen LogP) is 1.27. The standard InChI is InChI=1S/C17H19N3O5S/c1-23-12-4-9(5-13(24-2)16(12)25-3)10-6-15(22)20-17(11(10)7-18)26-8-14(19)21/h4-5,10H,6,8H2,1-3H3,(H2,19,21)(H,20,22). The number of nitrogens with one attached hydrogen (secondary N) is 1. The molecule has 0 spiro atoms. The Morgan fingerprint density at radius 3 is 2.38 bits per heavy atom. The van der Waals surface area contributed by atoms with E-state index in [-0.39, 0.29) is 18.1 Å². The van der Waals surface area contributed by atoms with Crippen molar-refractivity contribution in [2.45, 2.75) is 12.3 Å². The summed E-state index contributed by atoms with van der Waals surface area (Å²) in [5, 5.41) is 12.6. The Hall–Kier alpha value is -2.86. The number of hydrogen-bond donors (Lipinski definition) is 2. The number of carbonyl (C=O) groups is 2. The zero-order chi connectivity index (χ0) is 19.3. The molecule has 0 aromatic heterocycles. The zero-order valence-electron chi connectivity index (χ0n) is 14.6. The summed E-state index contributed by atoms with van der Waals surface area (Å²) in [6, 6.07) is 5.54. The number of benzene rings is 1. The van der Waals surface area contributed by atoms with Crippen LogP contribution in [0, 0.1) is 11.3 Å². The number of thioether (sulfide) groups is 1. The Morgan fingerprint density at radius 1 is 1.31 bits per heavy atom. The van der Waals surface area contributed by atoms with Crippen molar-refractivity contribution >= 4 is 23.6 Å². The smallest absolute Gasteiger partial charge is 0.227 e. The van der Waals surface area contributed by atoms with Gasteiger partial charge in [0.1, 0.15) is 0 Å². The summed E-state index contributed by atoms with van der Waals surface area (Å²) in [5.74, 6) is -0.0581. The normalized spacial score (nSPS) is 16.5. The Morgan fingerprint density at radius 2 is 1.92 bits per heavy atom. The van der Waals surface area contributed by atoms with Crippen molar-refractivity contribution in [3.05, 3.63) is 28.3 Å². The average molecular weight is 377 g/mol. The van der Waals surface area contributed by atoms with Crippen molar-refractivity contribution in [1.82, 2.24) is 5.32 Å². The van der Waals surface area contributed by atoms with Crippen LogP contribution in [0.2, 0.25) is 0 Å². The van der Waals surface area contributed by atoms with Crippen molar-refractivity contribution in [3.8, 4) is 23.3 Å². The van der Waals surface area contributed by atoms with Crippen molar-refractivity contribution in [2.24, 2.45) is 5.73 Å². The van der Waals surface area contributed by atoms with Gasteiger partial charge in [0.25, 0.3) is 0 Å². The number of allylic oxidation sites excluding steroid dienone is 1. The number of nitriles is 1. The molecule has 0 aliphatic carbocycles. The molecule has 3 N–H and O–H groups in total. The van der Waals surface area contributed by atoms with E-state index in [0.29, 0.717) is 33.4 Å². The van der Waals surface area contributed by atoms with Gasteiger partial charge in [-0.25, -0.2) is 0 Å². The van der Waals surface area contributed by atoms with Crippen LogP contribution in [0.4, 0.5) is 0 Å². The fraction of sp³-hybridized carbons (Fsp3) is 0.353. The topological polar surface area (TPSA) is 124 Å². The molecule has 0 saturated carbocycles. The second-order valence-electron chi connectivity index (χ2n) is 5.37. The van der Waals surface area contributed by atoms with Gasteiger partial charge in [0, 0.05) is 12.3 Å². The second kappa shape index (κ2) is 8.49. The van der Waals surface area contributed by atoms with E-state index in [0.717, 1.165) is 11.8 Å². The number of primary amides is 1. The summed E-state index contributed by atoms with van der Waals surface area (Å²) in [5.41, 5.74) is 6.18. The lowest BCUT2D eigenvalue weighted by Gasteiger charge is -2.26. The second-order valence-corrected chi connectivity index (χ2v) is 6.36. The molecule has 0 radical (unpaired) electrons. The van der Waals surface area contributed by atoms with E-state index in [1.807, 2.05) is 0 Å². The maximum Gasteiger partial charge on any atom is 0.227 e. The van der Waals surface area contributed by atoms with Crippen LogP contribution in [0.3, 0.4) is 0 Å². The Labute approximate surface area is 155 Å². The summed E-state index contributed by atoms with van der Waals surface area (Å²) < 4.78 is 16.0. The van der Waals surface area contributed by atoms with Gasteiger partial charge in [-0.2, -0.15) is 5.26 Å². The predicted molar refractivity (Wildman–Crippen MR) is 95.9 cm³/mol. The van der Waals surface area contributed by atoms with Crippen LogP contribution in [0.5, 0.6) is 17.2 Å². The quantitative estimate of drug-likeness (QED) is 0.733. The molecule has 2 amide bonds. The van der Waals surface area contributed by atoms with Gasteiger partial charge in [0.2, 0.25) is 17.6 Å². The number of hydrogen-bond acceptors (Lipinski definition) is 7. The van der Waals surface area contributed by atoms with E-state index in [9.17, 15) is 14.9 Å². The third-order valence-corrected chi connectivity index (χ3v) is 4.84. The number of carbonyl (C=O) groups excluding carboxylic acids is 2. The van der Waals surface area contributed by atoms with Crippen LogP contribution in [0.15, 0.2) is 22.7 Å². The van der Waals surface area contributed by atoms with E-state index >= 15 is 0 Å². The highest BCUT2D eigenvalue weighted by atomic mass is 32.2. The van der Waals surface area contributed by atoms with E-state index in [4.69, 9.17) is 19.9 Å². The minimum absolute atomic E-state index is 0.0389. The molecule has 1 heterocycles. The lowest BCUT2D eigenvalue weighted by Crippen LogP contribution is -2.31.